The minimum absolute atomic E-state index is 0.558. The fraction of sp³-hybridized carbons (Fsp3) is 0.269. The van der Waals surface area contributed by atoms with Crippen LogP contribution >= 0.6 is 0 Å². The number of hydrogen-bond acceptors (Lipinski definition) is 4. The Morgan fingerprint density at radius 2 is 1.72 bits per heavy atom. The van der Waals surface area contributed by atoms with Gasteiger partial charge in [-0.05, 0) is 63.1 Å². The average molecular weight is 426 g/mol. The number of rotatable bonds is 6. The molecule has 2 aromatic carbocycles. The second-order valence-electron chi connectivity index (χ2n) is 8.42. The first kappa shape index (κ1) is 20.2. The van der Waals surface area contributed by atoms with Crippen molar-refractivity contribution in [1.29, 1.82) is 0 Å². The van der Waals surface area contributed by atoms with Gasteiger partial charge < -0.3 is 8.98 Å². The summed E-state index contributed by atoms with van der Waals surface area (Å²) in [4.78, 5) is 0. The monoisotopic (exact) mass is 425 g/mol. The van der Waals surface area contributed by atoms with Crippen molar-refractivity contribution in [2.75, 3.05) is 0 Å². The second kappa shape index (κ2) is 8.11. The van der Waals surface area contributed by atoms with Crippen molar-refractivity contribution in [3.05, 3.63) is 88.7 Å². The minimum Gasteiger partial charge on any atom is -0.421 e. The first-order valence-corrected chi connectivity index (χ1v) is 11.0. The molecule has 3 heterocycles. The number of aromatic nitrogens is 5. The third-order valence-corrected chi connectivity index (χ3v) is 6.18. The molecule has 0 spiro atoms. The van der Waals surface area contributed by atoms with Crippen molar-refractivity contribution < 1.29 is 4.42 Å². The molecule has 0 aliphatic heterocycles. The maximum absolute atomic E-state index is 5.99. The molecule has 0 bridgehead atoms. The highest BCUT2D eigenvalue weighted by atomic mass is 16.4. The molecule has 0 saturated heterocycles. The second-order valence-corrected chi connectivity index (χ2v) is 8.42. The van der Waals surface area contributed by atoms with E-state index in [4.69, 9.17) is 4.42 Å². The van der Waals surface area contributed by atoms with Gasteiger partial charge in [0, 0.05) is 47.4 Å². The Morgan fingerprint density at radius 1 is 0.906 bits per heavy atom. The maximum atomic E-state index is 5.99. The molecule has 0 atom stereocenters. The molecule has 0 radical (unpaired) electrons. The van der Waals surface area contributed by atoms with Gasteiger partial charge in [0.25, 0.3) is 0 Å². The van der Waals surface area contributed by atoms with Crippen molar-refractivity contribution in [3.8, 4) is 11.5 Å². The van der Waals surface area contributed by atoms with E-state index in [1.165, 1.54) is 27.7 Å². The van der Waals surface area contributed by atoms with Crippen LogP contribution in [0.2, 0.25) is 0 Å². The fourth-order valence-electron chi connectivity index (χ4n) is 4.33. The summed E-state index contributed by atoms with van der Waals surface area (Å²) in [7, 11) is 0. The lowest BCUT2D eigenvalue weighted by atomic mass is 10.1. The molecule has 0 amide bonds. The number of aryl methyl sites for hydroxylation is 5. The van der Waals surface area contributed by atoms with E-state index in [1.807, 2.05) is 11.6 Å². The molecule has 5 aromatic rings. The standard InChI is InChI=1S/C26H27N5O/c1-17-14-18(2)31(29-17)13-12-25-27-28-26(32-25)22-10-11-24-23(15-22)19(3)20(4)30(24)16-21-8-6-5-7-9-21/h5-11,14-15H,12-13,16H2,1-4H3. The fourth-order valence-corrected chi connectivity index (χ4v) is 4.33. The molecular formula is C26H27N5O. The highest BCUT2D eigenvalue weighted by Crippen LogP contribution is 2.30. The maximum Gasteiger partial charge on any atom is 0.247 e. The summed E-state index contributed by atoms with van der Waals surface area (Å²) in [5.41, 5.74) is 8.17. The number of fused-ring (bicyclic) bond motifs is 1. The Labute approximate surface area is 187 Å². The summed E-state index contributed by atoms with van der Waals surface area (Å²) in [6, 6.07) is 19.0. The number of hydrogen-bond donors (Lipinski definition) is 0. The minimum atomic E-state index is 0.558. The lowest BCUT2D eigenvalue weighted by molar-refractivity contribution is 0.471. The van der Waals surface area contributed by atoms with Crippen LogP contribution in [-0.4, -0.2) is 24.5 Å². The van der Waals surface area contributed by atoms with Gasteiger partial charge in [0.2, 0.25) is 11.8 Å². The zero-order valence-electron chi connectivity index (χ0n) is 19.0. The summed E-state index contributed by atoms with van der Waals surface area (Å²) in [5.74, 6) is 1.19. The van der Waals surface area contributed by atoms with Crippen molar-refractivity contribution >= 4 is 10.9 Å². The van der Waals surface area contributed by atoms with Gasteiger partial charge in [-0.2, -0.15) is 5.10 Å². The number of nitrogens with zero attached hydrogens (tertiary/aromatic N) is 5. The molecule has 0 unspecified atom stereocenters. The van der Waals surface area contributed by atoms with Gasteiger partial charge in [-0.15, -0.1) is 10.2 Å². The molecule has 162 valence electrons. The SMILES string of the molecule is Cc1cc(C)n(CCc2nnc(-c3ccc4c(c3)c(C)c(C)n4Cc3ccccc3)o2)n1. The summed E-state index contributed by atoms with van der Waals surface area (Å²) in [6.07, 6.45) is 0.656. The first-order chi connectivity index (χ1) is 15.5. The molecule has 32 heavy (non-hydrogen) atoms. The van der Waals surface area contributed by atoms with E-state index in [0.717, 1.165) is 30.0 Å². The summed E-state index contributed by atoms with van der Waals surface area (Å²) < 4.78 is 10.3. The van der Waals surface area contributed by atoms with Crippen molar-refractivity contribution in [3.63, 3.8) is 0 Å². The topological polar surface area (TPSA) is 61.7 Å². The Kier molecular flexibility index (Phi) is 5.13. The number of benzene rings is 2. The highest BCUT2D eigenvalue weighted by Gasteiger charge is 2.15. The molecular weight excluding hydrogens is 398 g/mol. The smallest absolute Gasteiger partial charge is 0.247 e. The van der Waals surface area contributed by atoms with E-state index in [1.54, 1.807) is 0 Å². The summed E-state index contributed by atoms with van der Waals surface area (Å²) in [6.45, 7) is 10.00. The van der Waals surface area contributed by atoms with E-state index in [2.05, 4.69) is 95.2 Å². The lowest BCUT2D eigenvalue weighted by Crippen LogP contribution is -2.05. The molecule has 0 aliphatic carbocycles. The van der Waals surface area contributed by atoms with Crippen LogP contribution in [-0.2, 0) is 19.5 Å². The van der Waals surface area contributed by atoms with Gasteiger partial charge in [-0.1, -0.05) is 30.3 Å². The Morgan fingerprint density at radius 3 is 2.47 bits per heavy atom. The van der Waals surface area contributed by atoms with E-state index >= 15 is 0 Å². The third kappa shape index (κ3) is 3.73. The highest BCUT2D eigenvalue weighted by molar-refractivity contribution is 5.88. The van der Waals surface area contributed by atoms with Gasteiger partial charge >= 0.3 is 0 Å². The van der Waals surface area contributed by atoms with Crippen molar-refractivity contribution in [2.24, 2.45) is 0 Å². The van der Waals surface area contributed by atoms with Gasteiger partial charge in [0.1, 0.15) is 0 Å². The normalized spacial score (nSPS) is 11.5. The molecule has 5 rings (SSSR count). The molecule has 6 nitrogen and oxygen atoms in total. The Balaban J connectivity index is 1.41. The molecule has 0 saturated carbocycles. The van der Waals surface area contributed by atoms with Gasteiger partial charge in [0.05, 0.1) is 5.69 Å². The van der Waals surface area contributed by atoms with Crippen LogP contribution in [0.1, 0.15) is 34.1 Å². The predicted molar refractivity (Wildman–Crippen MR) is 126 cm³/mol. The molecule has 0 N–H and O–H groups in total. The predicted octanol–water partition coefficient (Wildman–Crippen LogP) is 5.41. The largest absolute Gasteiger partial charge is 0.421 e. The molecule has 0 fully saturated rings. The van der Waals surface area contributed by atoms with E-state index in [9.17, 15) is 0 Å². The average Bonchev–Trinajstić information content (AvgIpc) is 3.46. The lowest BCUT2D eigenvalue weighted by Gasteiger charge is -2.09. The van der Waals surface area contributed by atoms with E-state index in [0.29, 0.717) is 18.2 Å². The van der Waals surface area contributed by atoms with Crippen LogP contribution in [0.25, 0.3) is 22.4 Å². The van der Waals surface area contributed by atoms with Crippen LogP contribution in [0.3, 0.4) is 0 Å². The van der Waals surface area contributed by atoms with Crippen LogP contribution < -0.4 is 0 Å². The first-order valence-electron chi connectivity index (χ1n) is 11.0. The molecule has 6 heteroatoms. The van der Waals surface area contributed by atoms with Crippen LogP contribution in [0.4, 0.5) is 0 Å². The molecule has 0 aliphatic rings. The summed E-state index contributed by atoms with van der Waals surface area (Å²) in [5, 5.41) is 14.3. The quantitative estimate of drug-likeness (QED) is 0.365. The van der Waals surface area contributed by atoms with Crippen LogP contribution in [0.5, 0.6) is 0 Å². The van der Waals surface area contributed by atoms with Crippen molar-refractivity contribution in [1.82, 2.24) is 24.5 Å². The Hall–Kier alpha value is -3.67. The van der Waals surface area contributed by atoms with E-state index in [-0.39, 0.29) is 0 Å². The third-order valence-electron chi connectivity index (χ3n) is 6.18. The van der Waals surface area contributed by atoms with E-state index < -0.39 is 0 Å². The Bertz CT molecular complexity index is 1390. The zero-order chi connectivity index (χ0) is 22.2. The van der Waals surface area contributed by atoms with Gasteiger partial charge in [0.15, 0.2) is 0 Å². The van der Waals surface area contributed by atoms with Crippen LogP contribution in [0, 0.1) is 27.7 Å². The zero-order valence-corrected chi connectivity index (χ0v) is 19.0. The van der Waals surface area contributed by atoms with Crippen LogP contribution in [0.15, 0.2) is 59.0 Å². The summed E-state index contributed by atoms with van der Waals surface area (Å²) >= 11 is 0. The molecule has 3 aromatic heterocycles. The van der Waals surface area contributed by atoms with Gasteiger partial charge in [-0.25, -0.2) is 0 Å². The van der Waals surface area contributed by atoms with Crippen molar-refractivity contribution in [2.45, 2.75) is 47.2 Å². The van der Waals surface area contributed by atoms with Gasteiger partial charge in [-0.3, -0.25) is 4.68 Å².